The lowest BCUT2D eigenvalue weighted by Gasteiger charge is -2.13. The van der Waals surface area contributed by atoms with E-state index >= 15 is 0 Å². The van der Waals surface area contributed by atoms with E-state index in [2.05, 4.69) is 28.9 Å². The fourth-order valence-corrected chi connectivity index (χ4v) is 3.68. The summed E-state index contributed by atoms with van der Waals surface area (Å²) in [4.78, 5) is 24.4. The summed E-state index contributed by atoms with van der Waals surface area (Å²) in [6.45, 7) is 6.63. The number of nitrogens with zero attached hydrogens (tertiary/aromatic N) is 1. The van der Waals surface area contributed by atoms with Gasteiger partial charge in [-0.1, -0.05) is 25.1 Å². The van der Waals surface area contributed by atoms with Crippen LogP contribution in [0.3, 0.4) is 0 Å². The number of rotatable bonds is 5. The van der Waals surface area contributed by atoms with Gasteiger partial charge in [0.1, 0.15) is 0 Å². The van der Waals surface area contributed by atoms with E-state index < -0.39 is 6.10 Å². The van der Waals surface area contributed by atoms with Crippen molar-refractivity contribution >= 4 is 39.4 Å². The van der Waals surface area contributed by atoms with Gasteiger partial charge in [-0.05, 0) is 50.5 Å². The van der Waals surface area contributed by atoms with Gasteiger partial charge in [0.15, 0.2) is 6.10 Å². The molecular weight excluding hydrogens is 340 g/mol. The molecule has 5 heteroatoms. The van der Waals surface area contributed by atoms with Crippen molar-refractivity contribution < 1.29 is 14.3 Å². The van der Waals surface area contributed by atoms with E-state index in [4.69, 9.17) is 4.74 Å². The molecule has 0 spiro atoms. The lowest BCUT2D eigenvalue weighted by atomic mass is 10.1. The summed E-state index contributed by atoms with van der Waals surface area (Å²) in [7, 11) is 0. The summed E-state index contributed by atoms with van der Waals surface area (Å²) in [5.74, 6) is -0.260. The van der Waals surface area contributed by atoms with Crippen molar-refractivity contribution in [3.8, 4) is 0 Å². The summed E-state index contributed by atoms with van der Waals surface area (Å²) in [6.07, 6.45) is 0.0451. The van der Waals surface area contributed by atoms with Crippen molar-refractivity contribution in [2.75, 3.05) is 5.32 Å². The Kier molecular flexibility index (Phi) is 4.38. The van der Waals surface area contributed by atoms with Crippen LogP contribution in [0.2, 0.25) is 0 Å². The molecule has 1 aliphatic rings. The van der Waals surface area contributed by atoms with E-state index in [-0.39, 0.29) is 17.8 Å². The molecule has 1 N–H and O–H groups in total. The smallest absolute Gasteiger partial charge is 0.309 e. The lowest BCUT2D eigenvalue weighted by molar-refractivity contribution is -0.154. The summed E-state index contributed by atoms with van der Waals surface area (Å²) in [5, 5.41) is 5.13. The van der Waals surface area contributed by atoms with Crippen LogP contribution in [0, 0.1) is 11.8 Å². The maximum Gasteiger partial charge on any atom is 0.309 e. The average molecular weight is 364 g/mol. The Balaban J connectivity index is 1.56. The first kappa shape index (κ1) is 17.6. The molecule has 27 heavy (non-hydrogen) atoms. The summed E-state index contributed by atoms with van der Waals surface area (Å²) in [6, 6.07) is 14.2. The third kappa shape index (κ3) is 3.18. The number of carbonyl (C=O) groups is 2. The van der Waals surface area contributed by atoms with E-state index in [0.29, 0.717) is 11.6 Å². The number of amides is 1. The predicted octanol–water partition coefficient (Wildman–Crippen LogP) is 4.34. The first-order chi connectivity index (χ1) is 13.0. The van der Waals surface area contributed by atoms with Crippen LogP contribution >= 0.6 is 0 Å². The second kappa shape index (κ2) is 6.72. The third-order valence-corrected chi connectivity index (χ3v) is 5.43. The Labute approximate surface area is 158 Å². The SMILES string of the molecule is CCn1c2ccccc2c2cc(NC(=O)C(C)OC(=O)C3CC3C)ccc21. The molecule has 0 saturated heterocycles. The number of fused-ring (bicyclic) bond motifs is 3. The van der Waals surface area contributed by atoms with Crippen molar-refractivity contribution in [1.29, 1.82) is 0 Å². The zero-order valence-electron chi connectivity index (χ0n) is 15.9. The van der Waals surface area contributed by atoms with E-state index in [9.17, 15) is 9.59 Å². The minimum absolute atomic E-state index is 0.0447. The maximum atomic E-state index is 12.4. The van der Waals surface area contributed by atoms with Gasteiger partial charge in [-0.25, -0.2) is 0 Å². The van der Waals surface area contributed by atoms with Crippen molar-refractivity contribution in [3.63, 3.8) is 0 Å². The number of hydrogen-bond acceptors (Lipinski definition) is 3. The van der Waals surface area contributed by atoms with Gasteiger partial charge in [-0.3, -0.25) is 9.59 Å². The fourth-order valence-electron chi connectivity index (χ4n) is 3.68. The van der Waals surface area contributed by atoms with E-state index in [1.54, 1.807) is 6.92 Å². The molecule has 5 nitrogen and oxygen atoms in total. The average Bonchev–Trinajstić information content (AvgIpc) is 3.32. The van der Waals surface area contributed by atoms with Crippen molar-refractivity contribution in [2.24, 2.45) is 11.8 Å². The van der Waals surface area contributed by atoms with Gasteiger partial charge in [0, 0.05) is 34.0 Å². The molecule has 140 valence electrons. The summed E-state index contributed by atoms with van der Waals surface area (Å²) < 4.78 is 7.56. The molecule has 3 unspecified atom stereocenters. The number of para-hydroxylation sites is 1. The Bertz CT molecular complexity index is 1040. The van der Waals surface area contributed by atoms with E-state index in [0.717, 1.165) is 29.3 Å². The molecular formula is C22H24N2O3. The van der Waals surface area contributed by atoms with Gasteiger partial charge in [0.25, 0.3) is 5.91 Å². The molecule has 4 rings (SSSR count). The molecule has 3 aromatic rings. The molecule has 1 aliphatic carbocycles. The minimum atomic E-state index is -0.807. The highest BCUT2D eigenvalue weighted by molar-refractivity contribution is 6.10. The Morgan fingerprint density at radius 2 is 1.89 bits per heavy atom. The number of aryl methyl sites for hydroxylation is 1. The van der Waals surface area contributed by atoms with E-state index in [1.807, 2.05) is 37.3 Å². The molecule has 0 aliphatic heterocycles. The largest absolute Gasteiger partial charge is 0.452 e. The molecule has 1 heterocycles. The van der Waals surface area contributed by atoms with Crippen LogP contribution in [-0.4, -0.2) is 22.5 Å². The molecule has 1 aromatic heterocycles. The second-order valence-electron chi connectivity index (χ2n) is 7.38. The number of esters is 1. The third-order valence-electron chi connectivity index (χ3n) is 5.43. The van der Waals surface area contributed by atoms with Gasteiger partial charge in [-0.15, -0.1) is 0 Å². The highest BCUT2D eigenvalue weighted by Gasteiger charge is 2.41. The standard InChI is InChI=1S/C22H24N2O3/c1-4-24-19-8-6-5-7-16(19)18-12-15(9-10-20(18)24)23-21(25)14(3)27-22(26)17-11-13(17)2/h5-10,12-14,17H,4,11H2,1-3H3,(H,23,25). The second-order valence-corrected chi connectivity index (χ2v) is 7.38. The maximum absolute atomic E-state index is 12.4. The number of carbonyl (C=O) groups excluding carboxylic acids is 2. The van der Waals surface area contributed by atoms with Crippen LogP contribution in [0.25, 0.3) is 21.8 Å². The Hall–Kier alpha value is -2.82. The minimum Gasteiger partial charge on any atom is -0.452 e. The monoisotopic (exact) mass is 364 g/mol. The Morgan fingerprint density at radius 1 is 1.19 bits per heavy atom. The molecule has 1 fully saturated rings. The topological polar surface area (TPSA) is 60.3 Å². The first-order valence-electron chi connectivity index (χ1n) is 9.52. The van der Waals surface area contributed by atoms with Gasteiger partial charge < -0.3 is 14.6 Å². The summed E-state index contributed by atoms with van der Waals surface area (Å²) in [5.41, 5.74) is 3.02. The number of hydrogen-bond donors (Lipinski definition) is 1. The van der Waals surface area contributed by atoms with Gasteiger partial charge in [0.05, 0.1) is 5.92 Å². The number of benzene rings is 2. The number of nitrogens with one attached hydrogen (secondary N) is 1. The van der Waals surface area contributed by atoms with Crippen LogP contribution in [0.5, 0.6) is 0 Å². The molecule has 0 bridgehead atoms. The van der Waals surface area contributed by atoms with Crippen LogP contribution < -0.4 is 5.32 Å². The van der Waals surface area contributed by atoms with Crippen LogP contribution in [0.4, 0.5) is 5.69 Å². The Morgan fingerprint density at radius 3 is 2.59 bits per heavy atom. The van der Waals surface area contributed by atoms with Gasteiger partial charge >= 0.3 is 5.97 Å². The van der Waals surface area contributed by atoms with Crippen LogP contribution in [-0.2, 0) is 20.9 Å². The van der Waals surface area contributed by atoms with Crippen LogP contribution in [0.1, 0.15) is 27.2 Å². The summed E-state index contributed by atoms with van der Waals surface area (Å²) >= 11 is 0. The number of aromatic nitrogens is 1. The molecule has 3 atom stereocenters. The quantitative estimate of drug-likeness (QED) is 0.685. The predicted molar refractivity (Wildman–Crippen MR) is 107 cm³/mol. The zero-order chi connectivity index (χ0) is 19.1. The number of ether oxygens (including phenoxy) is 1. The normalized spacial score (nSPS) is 19.8. The molecule has 2 aromatic carbocycles. The first-order valence-corrected chi connectivity index (χ1v) is 9.52. The molecule has 1 saturated carbocycles. The number of anilines is 1. The van der Waals surface area contributed by atoms with Crippen LogP contribution in [0.15, 0.2) is 42.5 Å². The fraction of sp³-hybridized carbons (Fsp3) is 0.364. The van der Waals surface area contributed by atoms with Crippen molar-refractivity contribution in [3.05, 3.63) is 42.5 Å². The van der Waals surface area contributed by atoms with Crippen molar-refractivity contribution in [1.82, 2.24) is 4.57 Å². The van der Waals surface area contributed by atoms with Gasteiger partial charge in [-0.2, -0.15) is 0 Å². The highest BCUT2D eigenvalue weighted by atomic mass is 16.5. The zero-order valence-corrected chi connectivity index (χ0v) is 15.9. The van der Waals surface area contributed by atoms with E-state index in [1.165, 1.54) is 5.52 Å². The lowest BCUT2D eigenvalue weighted by Crippen LogP contribution is -2.30. The molecule has 1 amide bonds. The van der Waals surface area contributed by atoms with Gasteiger partial charge in [0.2, 0.25) is 0 Å². The molecule has 0 radical (unpaired) electrons. The highest BCUT2D eigenvalue weighted by Crippen LogP contribution is 2.39. The van der Waals surface area contributed by atoms with Crippen molar-refractivity contribution in [2.45, 2.75) is 39.8 Å².